The van der Waals surface area contributed by atoms with Crippen molar-refractivity contribution in [2.24, 2.45) is 0 Å². The summed E-state index contributed by atoms with van der Waals surface area (Å²) < 4.78 is 31.4. The molecule has 2 aliphatic heterocycles. The summed E-state index contributed by atoms with van der Waals surface area (Å²) in [5.74, 6) is -1.04. The molecule has 2 amide bonds. The van der Waals surface area contributed by atoms with Crippen molar-refractivity contribution in [2.45, 2.75) is 19.8 Å². The van der Waals surface area contributed by atoms with E-state index in [1.807, 2.05) is 30.3 Å². The second kappa shape index (κ2) is 12.1. The van der Waals surface area contributed by atoms with Crippen molar-refractivity contribution in [3.63, 3.8) is 0 Å². The first-order chi connectivity index (χ1) is 20.2. The molecule has 42 heavy (non-hydrogen) atoms. The summed E-state index contributed by atoms with van der Waals surface area (Å²) in [5, 5.41) is 6.19. The molecule has 1 saturated heterocycles. The van der Waals surface area contributed by atoms with Crippen LogP contribution in [0.4, 0.5) is 17.1 Å². The predicted octanol–water partition coefficient (Wildman–Crippen LogP) is 4.18. The lowest BCUT2D eigenvalue weighted by molar-refractivity contribution is -0.128. The van der Waals surface area contributed by atoms with E-state index in [0.717, 1.165) is 29.0 Å². The average Bonchev–Trinajstić information content (AvgIpc) is 3.62. The Bertz CT molecular complexity index is 1650. The molecule has 11 heteroatoms. The van der Waals surface area contributed by atoms with Gasteiger partial charge in [0, 0.05) is 24.3 Å². The standard InChI is InChI=1S/C31H32N4O6S/c1-3-41-31(38)22-11-16-25-26(19-22)33-30(37)28(25)29(21-9-5-4-6-10-21)32-23-12-14-24(15-13-23)35(42(2,39)40)20-27(36)34-17-7-8-18-34/h4-6,9-16,19,32H,3,7-8,17-18,20H2,1-2H3,(H,33,37). The van der Waals surface area contributed by atoms with Crippen molar-refractivity contribution in [1.82, 2.24) is 4.90 Å². The van der Waals surface area contributed by atoms with Crippen molar-refractivity contribution < 1.29 is 27.5 Å². The molecule has 0 aliphatic carbocycles. The number of fused-ring (bicyclic) bond motifs is 1. The summed E-state index contributed by atoms with van der Waals surface area (Å²) in [4.78, 5) is 40.0. The van der Waals surface area contributed by atoms with Gasteiger partial charge in [-0.25, -0.2) is 13.2 Å². The van der Waals surface area contributed by atoms with E-state index in [0.29, 0.717) is 52.5 Å². The Labute approximate surface area is 245 Å². The van der Waals surface area contributed by atoms with Crippen molar-refractivity contribution in [1.29, 1.82) is 0 Å². The largest absolute Gasteiger partial charge is 0.462 e. The zero-order valence-electron chi connectivity index (χ0n) is 23.4. The minimum Gasteiger partial charge on any atom is -0.462 e. The molecule has 3 aromatic carbocycles. The maximum Gasteiger partial charge on any atom is 0.338 e. The first kappa shape index (κ1) is 28.9. The Morgan fingerprint density at radius 1 is 0.976 bits per heavy atom. The van der Waals surface area contributed by atoms with Crippen LogP contribution >= 0.6 is 0 Å². The number of anilines is 3. The lowest BCUT2D eigenvalue weighted by Crippen LogP contribution is -2.41. The zero-order chi connectivity index (χ0) is 29.9. The Balaban J connectivity index is 1.48. The van der Waals surface area contributed by atoms with Gasteiger partial charge in [-0.05, 0) is 61.7 Å². The summed E-state index contributed by atoms with van der Waals surface area (Å²) in [6.07, 6.45) is 2.91. The number of amides is 2. The van der Waals surface area contributed by atoms with E-state index < -0.39 is 16.0 Å². The molecule has 10 nitrogen and oxygen atoms in total. The van der Waals surface area contributed by atoms with Gasteiger partial charge in [-0.1, -0.05) is 36.4 Å². The fourth-order valence-corrected chi connectivity index (χ4v) is 5.94. The van der Waals surface area contributed by atoms with Crippen LogP contribution in [0.1, 0.15) is 41.3 Å². The smallest absolute Gasteiger partial charge is 0.338 e. The van der Waals surface area contributed by atoms with Crippen molar-refractivity contribution in [3.05, 3.63) is 89.5 Å². The molecule has 2 aliphatic rings. The lowest BCUT2D eigenvalue weighted by atomic mass is 9.99. The molecule has 3 aromatic rings. The molecule has 0 saturated carbocycles. The lowest BCUT2D eigenvalue weighted by Gasteiger charge is -2.25. The number of sulfonamides is 1. The molecule has 0 spiro atoms. The minimum atomic E-state index is -3.72. The highest BCUT2D eigenvalue weighted by Crippen LogP contribution is 2.38. The maximum absolute atomic E-state index is 13.3. The van der Waals surface area contributed by atoms with Crippen LogP contribution in [0.15, 0.2) is 72.8 Å². The van der Waals surface area contributed by atoms with Crippen LogP contribution in [0.3, 0.4) is 0 Å². The molecule has 1 fully saturated rings. The van der Waals surface area contributed by atoms with Crippen molar-refractivity contribution in [2.75, 3.05) is 47.4 Å². The molecule has 5 rings (SSSR count). The molecule has 218 valence electrons. The third-order valence-electron chi connectivity index (χ3n) is 7.15. The Morgan fingerprint density at radius 3 is 2.31 bits per heavy atom. The monoisotopic (exact) mass is 588 g/mol. The van der Waals surface area contributed by atoms with Gasteiger partial charge in [0.05, 0.1) is 41.1 Å². The zero-order valence-corrected chi connectivity index (χ0v) is 24.2. The summed E-state index contributed by atoms with van der Waals surface area (Å²) in [6.45, 7) is 2.97. The number of carbonyl (C=O) groups excluding carboxylic acids is 3. The van der Waals surface area contributed by atoms with Gasteiger partial charge in [-0.15, -0.1) is 0 Å². The normalized spacial score (nSPS) is 15.6. The number of likely N-dealkylation sites (tertiary alicyclic amines) is 1. The SMILES string of the molecule is CCOC(=O)c1ccc2c(c1)NC(=O)C2=C(Nc1ccc(N(CC(=O)N2CCCC2)S(C)(=O)=O)cc1)c1ccccc1. The second-order valence-corrected chi connectivity index (χ2v) is 12.0. The van der Waals surface area contributed by atoms with Crippen molar-refractivity contribution in [3.8, 4) is 0 Å². The molecule has 0 unspecified atom stereocenters. The Kier molecular flexibility index (Phi) is 8.30. The van der Waals surface area contributed by atoms with Gasteiger partial charge < -0.3 is 20.3 Å². The molecule has 0 bridgehead atoms. The number of benzene rings is 3. The van der Waals surface area contributed by atoms with Gasteiger partial charge in [-0.2, -0.15) is 0 Å². The third kappa shape index (κ3) is 6.15. The highest BCUT2D eigenvalue weighted by molar-refractivity contribution is 7.92. The molecular formula is C31H32N4O6S. The predicted molar refractivity (Wildman–Crippen MR) is 162 cm³/mol. The summed E-state index contributed by atoms with van der Waals surface area (Å²) in [6, 6.07) is 20.9. The molecule has 0 radical (unpaired) electrons. The van der Waals surface area contributed by atoms with E-state index in [1.165, 1.54) is 0 Å². The van der Waals surface area contributed by atoms with Gasteiger partial charge in [0.1, 0.15) is 6.54 Å². The van der Waals surface area contributed by atoms with Gasteiger partial charge in [-0.3, -0.25) is 13.9 Å². The first-order valence-corrected chi connectivity index (χ1v) is 15.6. The minimum absolute atomic E-state index is 0.228. The maximum atomic E-state index is 13.3. The van der Waals surface area contributed by atoms with Crippen LogP contribution in [0.2, 0.25) is 0 Å². The van der Waals surface area contributed by atoms with Crippen molar-refractivity contribution >= 4 is 56.1 Å². The topological polar surface area (TPSA) is 125 Å². The quantitative estimate of drug-likeness (QED) is 0.284. The van der Waals surface area contributed by atoms with Crippen LogP contribution in [0.25, 0.3) is 11.3 Å². The number of carbonyl (C=O) groups is 3. The molecule has 2 heterocycles. The second-order valence-electron chi connectivity index (χ2n) is 10.1. The average molecular weight is 589 g/mol. The van der Waals surface area contributed by atoms with E-state index in [4.69, 9.17) is 4.74 Å². The number of hydrogen-bond acceptors (Lipinski definition) is 7. The van der Waals surface area contributed by atoms with E-state index in [2.05, 4.69) is 10.6 Å². The summed E-state index contributed by atoms with van der Waals surface area (Å²) >= 11 is 0. The van der Waals surface area contributed by atoms with Crippen LogP contribution in [0.5, 0.6) is 0 Å². The Morgan fingerprint density at radius 2 is 1.67 bits per heavy atom. The first-order valence-electron chi connectivity index (χ1n) is 13.7. The van der Waals surface area contributed by atoms with Gasteiger partial charge in [0.15, 0.2) is 0 Å². The fraction of sp³-hybridized carbons (Fsp3) is 0.258. The van der Waals surface area contributed by atoms with E-state index in [9.17, 15) is 22.8 Å². The summed E-state index contributed by atoms with van der Waals surface area (Å²) in [5.41, 5.74) is 4.10. The summed E-state index contributed by atoms with van der Waals surface area (Å²) in [7, 11) is -3.72. The number of hydrogen-bond donors (Lipinski definition) is 2. The van der Waals surface area contributed by atoms with Crippen LogP contribution in [-0.2, 0) is 24.3 Å². The Hall–Kier alpha value is -4.64. The third-order valence-corrected chi connectivity index (χ3v) is 8.29. The fourth-order valence-electron chi connectivity index (χ4n) is 5.09. The molecule has 0 atom stereocenters. The highest BCUT2D eigenvalue weighted by Gasteiger charge is 2.30. The molecule has 2 N–H and O–H groups in total. The number of nitrogens with zero attached hydrogens (tertiary/aromatic N) is 2. The van der Waals surface area contributed by atoms with E-state index in [-0.39, 0.29) is 25.0 Å². The number of ether oxygens (including phenoxy) is 1. The van der Waals surface area contributed by atoms with Crippen LogP contribution in [-0.4, -0.2) is 63.6 Å². The van der Waals surface area contributed by atoms with Gasteiger partial charge in [0.2, 0.25) is 15.9 Å². The number of rotatable bonds is 9. The van der Waals surface area contributed by atoms with Crippen LogP contribution < -0.4 is 14.9 Å². The number of nitrogens with one attached hydrogen (secondary N) is 2. The molecular weight excluding hydrogens is 556 g/mol. The van der Waals surface area contributed by atoms with E-state index in [1.54, 1.807) is 54.3 Å². The number of esters is 1. The van der Waals surface area contributed by atoms with E-state index >= 15 is 0 Å². The van der Waals surface area contributed by atoms with Gasteiger partial charge >= 0.3 is 5.97 Å². The van der Waals surface area contributed by atoms with Crippen LogP contribution in [0, 0.1) is 0 Å². The highest BCUT2D eigenvalue weighted by atomic mass is 32.2. The van der Waals surface area contributed by atoms with Gasteiger partial charge in [0.25, 0.3) is 5.91 Å². The molecule has 0 aromatic heterocycles.